The second kappa shape index (κ2) is 6.82. The fourth-order valence-corrected chi connectivity index (χ4v) is 1.92. The van der Waals surface area contributed by atoms with Crippen LogP contribution >= 0.6 is 0 Å². The van der Waals surface area contributed by atoms with E-state index in [0.717, 1.165) is 12.1 Å². The molecule has 1 heterocycles. The van der Waals surface area contributed by atoms with Crippen molar-refractivity contribution in [2.24, 2.45) is 5.73 Å². The van der Waals surface area contributed by atoms with Crippen LogP contribution in [0.3, 0.4) is 0 Å². The fourth-order valence-electron chi connectivity index (χ4n) is 1.92. The lowest BCUT2D eigenvalue weighted by molar-refractivity contribution is -0.137. The van der Waals surface area contributed by atoms with Crippen molar-refractivity contribution in [3.05, 3.63) is 47.8 Å². The maximum Gasteiger partial charge on any atom is 0.416 e. The molecule has 0 spiro atoms. The van der Waals surface area contributed by atoms with E-state index in [1.165, 1.54) is 29.1 Å². The molecule has 8 heteroatoms. The first-order valence-electron chi connectivity index (χ1n) is 7.04. The molecule has 2 aromatic rings. The molecule has 1 unspecified atom stereocenters. The van der Waals surface area contributed by atoms with E-state index in [1.807, 2.05) is 6.92 Å². The number of nitrogens with two attached hydrogens (primary N) is 1. The molecule has 23 heavy (non-hydrogen) atoms. The zero-order valence-electron chi connectivity index (χ0n) is 12.5. The number of nitrogens with one attached hydrogen (secondary N) is 1. The molecule has 1 aromatic carbocycles. The van der Waals surface area contributed by atoms with E-state index in [0.29, 0.717) is 13.0 Å². The van der Waals surface area contributed by atoms with Gasteiger partial charge in [-0.1, -0.05) is 6.07 Å². The monoisotopic (exact) mass is 326 g/mol. The van der Waals surface area contributed by atoms with Crippen LogP contribution in [0.5, 0.6) is 0 Å². The zero-order valence-corrected chi connectivity index (χ0v) is 12.5. The summed E-state index contributed by atoms with van der Waals surface area (Å²) < 4.78 is 39.4. The predicted octanol–water partition coefficient (Wildman–Crippen LogP) is 2.36. The second-order valence-electron chi connectivity index (χ2n) is 5.22. The van der Waals surface area contributed by atoms with Gasteiger partial charge in [0.15, 0.2) is 5.69 Å². The quantitative estimate of drug-likeness (QED) is 0.886. The number of halogens is 3. The Hall–Kier alpha value is -2.35. The summed E-state index contributed by atoms with van der Waals surface area (Å²) in [5.41, 5.74) is 5.18. The molecule has 0 fully saturated rings. The van der Waals surface area contributed by atoms with Gasteiger partial charge >= 0.3 is 6.18 Å². The molecule has 1 aromatic heterocycles. The molecule has 0 saturated heterocycles. The second-order valence-corrected chi connectivity index (χ2v) is 5.22. The van der Waals surface area contributed by atoms with Gasteiger partial charge in [0.1, 0.15) is 0 Å². The molecule has 3 N–H and O–H groups in total. The van der Waals surface area contributed by atoms with Crippen LogP contribution in [0, 0.1) is 0 Å². The van der Waals surface area contributed by atoms with Gasteiger partial charge in [0.05, 0.1) is 11.3 Å². The third-order valence-corrected chi connectivity index (χ3v) is 3.14. The van der Waals surface area contributed by atoms with E-state index < -0.39 is 17.6 Å². The van der Waals surface area contributed by atoms with Crippen LogP contribution in [-0.4, -0.2) is 28.3 Å². The predicted molar refractivity (Wildman–Crippen MR) is 79.2 cm³/mol. The van der Waals surface area contributed by atoms with E-state index in [4.69, 9.17) is 5.73 Å². The smallest absolute Gasteiger partial charge is 0.351 e. The van der Waals surface area contributed by atoms with Crippen molar-refractivity contribution in [2.75, 3.05) is 6.54 Å². The normalized spacial score (nSPS) is 12.9. The molecule has 5 nitrogen and oxygen atoms in total. The molecule has 0 aliphatic heterocycles. The van der Waals surface area contributed by atoms with Crippen LogP contribution in [0.25, 0.3) is 5.69 Å². The highest BCUT2D eigenvalue weighted by atomic mass is 19.4. The zero-order chi connectivity index (χ0) is 17.0. The van der Waals surface area contributed by atoms with Gasteiger partial charge in [-0.25, -0.2) is 4.68 Å². The van der Waals surface area contributed by atoms with Crippen molar-refractivity contribution in [1.82, 2.24) is 15.1 Å². The first-order valence-corrected chi connectivity index (χ1v) is 7.04. The standard InChI is InChI=1S/C15H17F3N4O/c1-10(19)5-7-20-14(23)13-6-8-22(21-13)12-4-2-3-11(9-12)15(16,17)18/h2-4,6,8-10H,5,7,19H2,1H3,(H,20,23). The Kier molecular flexibility index (Phi) is 5.05. The van der Waals surface area contributed by atoms with Crippen LogP contribution in [-0.2, 0) is 6.18 Å². The minimum Gasteiger partial charge on any atom is -0.351 e. The largest absolute Gasteiger partial charge is 0.416 e. The number of hydrogen-bond donors (Lipinski definition) is 2. The third-order valence-electron chi connectivity index (χ3n) is 3.14. The Balaban J connectivity index is 2.12. The van der Waals surface area contributed by atoms with Crippen molar-refractivity contribution in [3.8, 4) is 5.69 Å². The summed E-state index contributed by atoms with van der Waals surface area (Å²) in [6, 6.07) is 6.15. The highest BCUT2D eigenvalue weighted by Crippen LogP contribution is 2.30. The number of benzene rings is 1. The first-order chi connectivity index (χ1) is 10.8. The Morgan fingerprint density at radius 1 is 1.39 bits per heavy atom. The van der Waals surface area contributed by atoms with Gasteiger partial charge in [0, 0.05) is 18.8 Å². The molecule has 0 bridgehead atoms. The lowest BCUT2D eigenvalue weighted by Gasteiger charge is -2.08. The number of carbonyl (C=O) groups excluding carboxylic acids is 1. The summed E-state index contributed by atoms with van der Waals surface area (Å²) >= 11 is 0. The van der Waals surface area contributed by atoms with Gasteiger partial charge in [-0.15, -0.1) is 0 Å². The lowest BCUT2D eigenvalue weighted by Crippen LogP contribution is -2.29. The minimum atomic E-state index is -4.43. The lowest BCUT2D eigenvalue weighted by atomic mass is 10.2. The topological polar surface area (TPSA) is 72.9 Å². The first kappa shape index (κ1) is 17.0. The van der Waals surface area contributed by atoms with E-state index in [2.05, 4.69) is 10.4 Å². The summed E-state index contributed by atoms with van der Waals surface area (Å²) in [6.45, 7) is 2.24. The van der Waals surface area contributed by atoms with Crippen molar-refractivity contribution in [2.45, 2.75) is 25.6 Å². The fraction of sp³-hybridized carbons (Fsp3) is 0.333. The Morgan fingerprint density at radius 2 is 2.13 bits per heavy atom. The molecule has 124 valence electrons. The Bertz CT molecular complexity index is 679. The van der Waals surface area contributed by atoms with Crippen LogP contribution in [0.1, 0.15) is 29.4 Å². The van der Waals surface area contributed by atoms with E-state index in [-0.39, 0.29) is 17.4 Å². The molecule has 2 rings (SSSR count). The van der Waals surface area contributed by atoms with Crippen molar-refractivity contribution >= 4 is 5.91 Å². The van der Waals surface area contributed by atoms with Gasteiger partial charge in [-0.2, -0.15) is 18.3 Å². The van der Waals surface area contributed by atoms with Gasteiger partial charge < -0.3 is 11.1 Å². The maximum absolute atomic E-state index is 12.7. The van der Waals surface area contributed by atoms with E-state index in [1.54, 1.807) is 0 Å². The molecule has 0 aliphatic carbocycles. The minimum absolute atomic E-state index is 0.0297. The Morgan fingerprint density at radius 3 is 2.78 bits per heavy atom. The molecule has 0 radical (unpaired) electrons. The summed E-state index contributed by atoms with van der Waals surface area (Å²) in [7, 11) is 0. The van der Waals surface area contributed by atoms with Gasteiger partial charge in [0.25, 0.3) is 5.91 Å². The number of nitrogens with zero attached hydrogens (tertiary/aromatic N) is 2. The summed E-state index contributed by atoms with van der Waals surface area (Å²) in [5.74, 6) is -0.392. The van der Waals surface area contributed by atoms with Gasteiger partial charge in [-0.05, 0) is 37.6 Å². The van der Waals surface area contributed by atoms with Crippen molar-refractivity contribution in [3.63, 3.8) is 0 Å². The van der Waals surface area contributed by atoms with Crippen LogP contribution in [0.2, 0.25) is 0 Å². The highest BCUT2D eigenvalue weighted by molar-refractivity contribution is 5.92. The Labute approximate surface area is 131 Å². The average molecular weight is 326 g/mol. The number of rotatable bonds is 5. The average Bonchev–Trinajstić information content (AvgIpc) is 2.96. The number of amides is 1. The molecule has 0 aliphatic rings. The van der Waals surface area contributed by atoms with Crippen LogP contribution < -0.4 is 11.1 Å². The van der Waals surface area contributed by atoms with Gasteiger partial charge in [0.2, 0.25) is 0 Å². The van der Waals surface area contributed by atoms with Crippen LogP contribution in [0.15, 0.2) is 36.5 Å². The van der Waals surface area contributed by atoms with Crippen LogP contribution in [0.4, 0.5) is 13.2 Å². The SMILES string of the molecule is CC(N)CCNC(=O)c1ccn(-c2cccc(C(F)(F)F)c2)n1. The van der Waals surface area contributed by atoms with Crippen molar-refractivity contribution < 1.29 is 18.0 Å². The van der Waals surface area contributed by atoms with Gasteiger partial charge in [-0.3, -0.25) is 4.79 Å². The number of alkyl halides is 3. The molecular weight excluding hydrogens is 309 g/mol. The maximum atomic E-state index is 12.7. The summed E-state index contributed by atoms with van der Waals surface area (Å²) in [6.07, 6.45) is -2.36. The summed E-state index contributed by atoms with van der Waals surface area (Å²) in [5, 5.41) is 6.66. The molecule has 1 amide bonds. The molecular formula is C15H17F3N4O. The number of aromatic nitrogens is 2. The number of hydrogen-bond acceptors (Lipinski definition) is 3. The number of carbonyl (C=O) groups is 1. The molecule has 0 saturated carbocycles. The van der Waals surface area contributed by atoms with Crippen molar-refractivity contribution in [1.29, 1.82) is 0 Å². The van der Waals surface area contributed by atoms with E-state index >= 15 is 0 Å². The third kappa shape index (κ3) is 4.56. The summed E-state index contributed by atoms with van der Waals surface area (Å²) in [4.78, 5) is 11.9. The van der Waals surface area contributed by atoms with E-state index in [9.17, 15) is 18.0 Å². The highest BCUT2D eigenvalue weighted by Gasteiger charge is 2.30. The molecule has 1 atom stereocenters.